The Morgan fingerprint density at radius 2 is 1.82 bits per heavy atom. The second kappa shape index (κ2) is 6.79. The van der Waals surface area contributed by atoms with Crippen LogP contribution in [0.1, 0.15) is 48.0 Å². The summed E-state index contributed by atoms with van der Waals surface area (Å²) in [6.45, 7) is 3.33. The first-order chi connectivity index (χ1) is 13.3. The van der Waals surface area contributed by atoms with Crippen LogP contribution < -0.4 is 0 Å². The molecule has 2 aliphatic heterocycles. The van der Waals surface area contributed by atoms with Crippen LogP contribution in [0.4, 0.5) is 0 Å². The van der Waals surface area contributed by atoms with E-state index in [9.17, 15) is 24.6 Å². The molecule has 1 aromatic carbocycles. The Morgan fingerprint density at radius 3 is 2.39 bits per heavy atom. The summed E-state index contributed by atoms with van der Waals surface area (Å²) in [5.41, 5.74) is 0.944. The van der Waals surface area contributed by atoms with Gasteiger partial charge in [0.05, 0.1) is 5.56 Å². The zero-order valence-corrected chi connectivity index (χ0v) is 16.1. The fraction of sp³-hybridized carbons (Fsp3) is 0.571. The Balaban J connectivity index is 1.45. The molecule has 0 radical (unpaired) electrons. The minimum atomic E-state index is -0.936. The zero-order chi connectivity index (χ0) is 20.1. The SMILES string of the molecule is Cc1ccc(C(=O)N2CCC3(CC2)C[C@@H](C(=O)O)N(C(=O)C2CC2)C3)c(O)c1. The van der Waals surface area contributed by atoms with E-state index in [1.54, 1.807) is 28.0 Å². The molecular weight excluding hydrogens is 360 g/mol. The number of piperidine rings is 1. The van der Waals surface area contributed by atoms with Gasteiger partial charge in [0, 0.05) is 25.6 Å². The number of rotatable bonds is 3. The second-order valence-corrected chi connectivity index (χ2v) is 8.61. The van der Waals surface area contributed by atoms with Gasteiger partial charge in [-0.05, 0) is 62.1 Å². The number of likely N-dealkylation sites (tertiary alicyclic amines) is 2. The van der Waals surface area contributed by atoms with Crippen LogP contribution >= 0.6 is 0 Å². The third-order valence-corrected chi connectivity index (χ3v) is 6.50. The van der Waals surface area contributed by atoms with Crippen molar-refractivity contribution in [3.8, 4) is 5.75 Å². The average molecular weight is 386 g/mol. The van der Waals surface area contributed by atoms with Crippen molar-refractivity contribution in [1.82, 2.24) is 9.80 Å². The predicted molar refractivity (Wildman–Crippen MR) is 101 cm³/mol. The number of nitrogens with zero attached hydrogens (tertiary/aromatic N) is 2. The van der Waals surface area contributed by atoms with Crippen molar-refractivity contribution in [2.24, 2.45) is 11.3 Å². The van der Waals surface area contributed by atoms with E-state index in [0.29, 0.717) is 44.5 Å². The minimum Gasteiger partial charge on any atom is -0.507 e. The van der Waals surface area contributed by atoms with Gasteiger partial charge in [-0.25, -0.2) is 4.79 Å². The first-order valence-corrected chi connectivity index (χ1v) is 9.92. The Hall–Kier alpha value is -2.57. The molecule has 7 heteroatoms. The molecule has 7 nitrogen and oxygen atoms in total. The van der Waals surface area contributed by atoms with Gasteiger partial charge in [0.25, 0.3) is 5.91 Å². The first-order valence-electron chi connectivity index (χ1n) is 9.92. The lowest BCUT2D eigenvalue weighted by Crippen LogP contribution is -2.45. The minimum absolute atomic E-state index is 0.00294. The number of carboxylic acid groups (broad SMARTS) is 1. The summed E-state index contributed by atoms with van der Waals surface area (Å²) in [6.07, 6.45) is 3.51. The summed E-state index contributed by atoms with van der Waals surface area (Å²) in [4.78, 5) is 40.3. The molecule has 28 heavy (non-hydrogen) atoms. The van der Waals surface area contributed by atoms with Gasteiger partial charge in [0.15, 0.2) is 0 Å². The fourth-order valence-electron chi connectivity index (χ4n) is 4.61. The molecule has 0 unspecified atom stereocenters. The summed E-state index contributed by atoms with van der Waals surface area (Å²) in [5.74, 6) is -1.17. The molecule has 2 saturated heterocycles. The number of amides is 2. The molecule has 3 aliphatic rings. The van der Waals surface area contributed by atoms with Crippen molar-refractivity contribution in [3.05, 3.63) is 29.3 Å². The molecule has 2 N–H and O–H groups in total. The van der Waals surface area contributed by atoms with Crippen LogP contribution in [0.25, 0.3) is 0 Å². The van der Waals surface area contributed by atoms with E-state index in [1.165, 1.54) is 0 Å². The summed E-state index contributed by atoms with van der Waals surface area (Å²) in [5, 5.41) is 19.7. The van der Waals surface area contributed by atoms with Gasteiger partial charge >= 0.3 is 5.97 Å². The third-order valence-electron chi connectivity index (χ3n) is 6.50. The highest BCUT2D eigenvalue weighted by Gasteiger charge is 2.52. The third kappa shape index (κ3) is 3.34. The molecule has 1 aliphatic carbocycles. The summed E-state index contributed by atoms with van der Waals surface area (Å²) in [6, 6.07) is 4.27. The number of phenols is 1. The summed E-state index contributed by atoms with van der Waals surface area (Å²) >= 11 is 0. The van der Waals surface area contributed by atoms with Gasteiger partial charge in [-0.3, -0.25) is 9.59 Å². The molecule has 2 amide bonds. The van der Waals surface area contributed by atoms with Crippen molar-refractivity contribution in [3.63, 3.8) is 0 Å². The molecule has 1 aromatic rings. The second-order valence-electron chi connectivity index (χ2n) is 8.61. The summed E-state index contributed by atoms with van der Waals surface area (Å²) < 4.78 is 0. The number of hydrogen-bond donors (Lipinski definition) is 2. The van der Waals surface area contributed by atoms with Gasteiger partial charge in [-0.1, -0.05) is 6.07 Å². The Labute approximate surface area is 163 Å². The molecule has 0 bridgehead atoms. The number of carbonyl (C=O) groups excluding carboxylic acids is 2. The molecule has 2 heterocycles. The molecule has 150 valence electrons. The van der Waals surface area contributed by atoms with Gasteiger partial charge in [-0.15, -0.1) is 0 Å². The predicted octanol–water partition coefficient (Wildman–Crippen LogP) is 2.02. The lowest BCUT2D eigenvalue weighted by molar-refractivity contribution is -0.148. The largest absolute Gasteiger partial charge is 0.507 e. The van der Waals surface area contributed by atoms with E-state index in [2.05, 4.69) is 0 Å². The Kier molecular flexibility index (Phi) is 4.56. The molecule has 3 fully saturated rings. The molecular formula is C21H26N2O5. The maximum atomic E-state index is 12.8. The average Bonchev–Trinajstić information content (AvgIpc) is 3.44. The van der Waals surface area contributed by atoms with Crippen molar-refractivity contribution in [1.29, 1.82) is 0 Å². The number of aryl methyl sites for hydroxylation is 1. The van der Waals surface area contributed by atoms with Crippen LogP contribution in [0.5, 0.6) is 5.75 Å². The Bertz CT molecular complexity index is 824. The highest BCUT2D eigenvalue weighted by atomic mass is 16.4. The standard InChI is InChI=1S/C21H26N2O5/c1-13-2-5-15(17(24)10-13)19(26)22-8-6-21(7-9-22)11-16(20(27)28)23(12-21)18(25)14-3-4-14/h2,5,10,14,16,24H,3-4,6-9,11-12H2,1H3,(H,27,28)/t16-/m0/s1. The van der Waals surface area contributed by atoms with Gasteiger partial charge in [-0.2, -0.15) is 0 Å². The smallest absolute Gasteiger partial charge is 0.326 e. The normalized spacial score (nSPS) is 23.8. The van der Waals surface area contributed by atoms with Crippen molar-refractivity contribution in [2.75, 3.05) is 19.6 Å². The molecule has 4 rings (SSSR count). The van der Waals surface area contributed by atoms with E-state index in [1.807, 2.05) is 6.92 Å². The number of carboxylic acids is 1. The highest BCUT2D eigenvalue weighted by Crippen LogP contribution is 2.45. The van der Waals surface area contributed by atoms with E-state index in [4.69, 9.17) is 0 Å². The van der Waals surface area contributed by atoms with Crippen LogP contribution in [-0.2, 0) is 9.59 Å². The van der Waals surface area contributed by atoms with Crippen molar-refractivity contribution >= 4 is 17.8 Å². The van der Waals surface area contributed by atoms with E-state index in [-0.39, 0.29) is 28.9 Å². The molecule has 1 saturated carbocycles. The van der Waals surface area contributed by atoms with Gasteiger partial charge in [0.1, 0.15) is 11.8 Å². The zero-order valence-electron chi connectivity index (χ0n) is 16.1. The van der Waals surface area contributed by atoms with Crippen LogP contribution in [0.15, 0.2) is 18.2 Å². The van der Waals surface area contributed by atoms with Gasteiger partial charge in [0.2, 0.25) is 5.91 Å². The highest BCUT2D eigenvalue weighted by molar-refractivity contribution is 5.97. The monoisotopic (exact) mass is 386 g/mol. The van der Waals surface area contributed by atoms with Crippen LogP contribution in [0.3, 0.4) is 0 Å². The lowest BCUT2D eigenvalue weighted by Gasteiger charge is -2.39. The van der Waals surface area contributed by atoms with E-state index >= 15 is 0 Å². The number of hydrogen-bond acceptors (Lipinski definition) is 4. The molecule has 1 atom stereocenters. The van der Waals surface area contributed by atoms with Crippen LogP contribution in [0, 0.1) is 18.3 Å². The van der Waals surface area contributed by atoms with E-state index < -0.39 is 12.0 Å². The van der Waals surface area contributed by atoms with E-state index in [0.717, 1.165) is 18.4 Å². The van der Waals surface area contributed by atoms with Crippen LogP contribution in [0.2, 0.25) is 0 Å². The quantitative estimate of drug-likeness (QED) is 0.828. The molecule has 0 aromatic heterocycles. The molecule has 1 spiro atoms. The number of carbonyl (C=O) groups is 3. The number of phenolic OH excluding ortho intramolecular Hbond substituents is 1. The Morgan fingerprint density at radius 1 is 1.14 bits per heavy atom. The maximum absolute atomic E-state index is 12.8. The summed E-state index contributed by atoms with van der Waals surface area (Å²) in [7, 11) is 0. The number of benzene rings is 1. The lowest BCUT2D eigenvalue weighted by atomic mass is 9.76. The van der Waals surface area contributed by atoms with Gasteiger partial charge < -0.3 is 20.0 Å². The maximum Gasteiger partial charge on any atom is 0.326 e. The van der Waals surface area contributed by atoms with Crippen molar-refractivity contribution in [2.45, 2.75) is 45.1 Å². The fourth-order valence-corrected chi connectivity index (χ4v) is 4.61. The topological polar surface area (TPSA) is 98.2 Å². The van der Waals surface area contributed by atoms with Crippen molar-refractivity contribution < 1.29 is 24.6 Å². The number of aliphatic carboxylic acids is 1. The first kappa shape index (κ1) is 18.8. The van der Waals surface area contributed by atoms with Crippen LogP contribution in [-0.4, -0.2) is 63.5 Å². The number of aromatic hydroxyl groups is 1.